The highest BCUT2D eigenvalue weighted by Crippen LogP contribution is 2.38. The molecule has 0 amide bonds. The van der Waals surface area contributed by atoms with Gasteiger partial charge in [0.05, 0.1) is 5.57 Å². The lowest BCUT2D eigenvalue weighted by Crippen LogP contribution is -2.25. The molecule has 1 unspecified atom stereocenters. The Morgan fingerprint density at radius 3 is 2.48 bits per heavy atom. The van der Waals surface area contributed by atoms with Gasteiger partial charge in [-0.3, -0.25) is 0 Å². The summed E-state index contributed by atoms with van der Waals surface area (Å²) in [6, 6.07) is 5.33. The minimum Gasteiger partial charge on any atom is -0.456 e. The number of rotatable bonds is 4. The van der Waals surface area contributed by atoms with Gasteiger partial charge in [-0.2, -0.15) is 0 Å². The third-order valence-corrected chi connectivity index (χ3v) is 4.06. The number of hydrogen-bond donors (Lipinski definition) is 0. The number of hydrogen-bond acceptors (Lipinski definition) is 2. The second-order valence-corrected chi connectivity index (χ2v) is 7.58. The van der Waals surface area contributed by atoms with Gasteiger partial charge in [-0.15, -0.1) is 0 Å². The van der Waals surface area contributed by atoms with Crippen molar-refractivity contribution in [1.29, 1.82) is 0 Å². The van der Waals surface area contributed by atoms with E-state index >= 15 is 0 Å². The maximum atomic E-state index is 12.6. The van der Waals surface area contributed by atoms with Gasteiger partial charge in [0.15, 0.2) is 0 Å². The first-order valence-electron chi connectivity index (χ1n) is 7.84. The molecule has 0 aromatic heterocycles. The molecular weight excluding hydrogens is 331 g/mol. The Morgan fingerprint density at radius 2 is 1.91 bits per heavy atom. The van der Waals surface area contributed by atoms with Crippen molar-refractivity contribution in [2.45, 2.75) is 46.1 Å². The zero-order chi connectivity index (χ0) is 17.2. The maximum Gasteiger partial charge on any atom is 0.338 e. The van der Waals surface area contributed by atoms with Crippen LogP contribution >= 0.6 is 23.2 Å². The van der Waals surface area contributed by atoms with Gasteiger partial charge in [-0.05, 0) is 50.8 Å². The molecule has 0 fully saturated rings. The van der Waals surface area contributed by atoms with E-state index in [4.69, 9.17) is 27.9 Å². The fourth-order valence-corrected chi connectivity index (χ4v) is 3.12. The van der Waals surface area contributed by atoms with Crippen molar-refractivity contribution in [2.24, 2.45) is 5.92 Å². The molecule has 0 bridgehead atoms. The fourth-order valence-electron chi connectivity index (χ4n) is 2.61. The topological polar surface area (TPSA) is 26.3 Å². The van der Waals surface area contributed by atoms with E-state index in [1.54, 1.807) is 12.1 Å². The van der Waals surface area contributed by atoms with Gasteiger partial charge in [-0.1, -0.05) is 54.8 Å². The van der Waals surface area contributed by atoms with Crippen molar-refractivity contribution in [3.8, 4) is 0 Å². The van der Waals surface area contributed by atoms with Crippen LogP contribution in [0.2, 0.25) is 10.0 Å². The predicted octanol–water partition coefficient (Wildman–Crippen LogP) is 6.07. The van der Waals surface area contributed by atoms with Gasteiger partial charge in [0, 0.05) is 15.6 Å². The monoisotopic (exact) mass is 352 g/mol. The van der Waals surface area contributed by atoms with E-state index in [2.05, 4.69) is 13.0 Å². The van der Waals surface area contributed by atoms with Crippen LogP contribution in [0.5, 0.6) is 0 Å². The van der Waals surface area contributed by atoms with Crippen LogP contribution in [-0.2, 0) is 9.53 Å². The second-order valence-electron chi connectivity index (χ2n) is 6.74. The van der Waals surface area contributed by atoms with Gasteiger partial charge in [0.25, 0.3) is 0 Å². The predicted molar refractivity (Wildman–Crippen MR) is 96.8 cm³/mol. The average Bonchev–Trinajstić information content (AvgIpc) is 2.81. The molecule has 0 saturated carbocycles. The highest BCUT2D eigenvalue weighted by Gasteiger charge is 2.28. The van der Waals surface area contributed by atoms with Crippen molar-refractivity contribution >= 4 is 34.7 Å². The molecule has 1 aliphatic carbocycles. The quantitative estimate of drug-likeness (QED) is 0.614. The van der Waals surface area contributed by atoms with E-state index in [0.717, 1.165) is 24.0 Å². The molecule has 0 radical (unpaired) electrons. The summed E-state index contributed by atoms with van der Waals surface area (Å²) >= 11 is 12.3. The highest BCUT2D eigenvalue weighted by molar-refractivity contribution is 6.36. The van der Waals surface area contributed by atoms with Crippen molar-refractivity contribution in [2.75, 3.05) is 0 Å². The van der Waals surface area contributed by atoms with Crippen LogP contribution in [0.25, 0.3) is 5.57 Å². The fraction of sp³-hybridized carbons (Fsp3) is 0.421. The molecule has 0 saturated heterocycles. The van der Waals surface area contributed by atoms with E-state index < -0.39 is 5.60 Å². The van der Waals surface area contributed by atoms with E-state index in [0.29, 0.717) is 15.6 Å². The van der Waals surface area contributed by atoms with Crippen molar-refractivity contribution in [3.05, 3.63) is 51.5 Å². The van der Waals surface area contributed by atoms with Crippen LogP contribution in [0.4, 0.5) is 0 Å². The standard InChI is InChI=1S/C19H22Cl2O2/c1-5-6-12-9-15(14-8-7-13(20)11-17(14)21)16(10-12)18(22)23-19(2,3)4/h7-12H,5-6H2,1-4H3. The lowest BCUT2D eigenvalue weighted by atomic mass is 10.0. The van der Waals surface area contributed by atoms with Crippen LogP contribution in [-0.4, -0.2) is 11.6 Å². The molecule has 0 N–H and O–H groups in total. The highest BCUT2D eigenvalue weighted by atomic mass is 35.5. The number of carbonyl (C=O) groups is 1. The Morgan fingerprint density at radius 1 is 1.22 bits per heavy atom. The molecule has 23 heavy (non-hydrogen) atoms. The van der Waals surface area contributed by atoms with E-state index in [-0.39, 0.29) is 11.9 Å². The third-order valence-electron chi connectivity index (χ3n) is 3.51. The van der Waals surface area contributed by atoms with Crippen LogP contribution in [0.1, 0.15) is 46.1 Å². The zero-order valence-electron chi connectivity index (χ0n) is 14.0. The van der Waals surface area contributed by atoms with Crippen LogP contribution in [0.3, 0.4) is 0 Å². The molecule has 4 heteroatoms. The first kappa shape index (κ1) is 18.1. The molecule has 2 rings (SSSR count). The summed E-state index contributed by atoms with van der Waals surface area (Å²) in [7, 11) is 0. The smallest absolute Gasteiger partial charge is 0.338 e. The molecule has 1 aromatic carbocycles. The van der Waals surface area contributed by atoms with Crippen molar-refractivity contribution in [3.63, 3.8) is 0 Å². The zero-order valence-corrected chi connectivity index (χ0v) is 15.5. The van der Waals surface area contributed by atoms with Crippen LogP contribution in [0.15, 0.2) is 35.9 Å². The SMILES string of the molecule is CCCC1C=C(C(=O)OC(C)(C)C)C(c2ccc(Cl)cc2Cl)=C1. The number of ether oxygens (including phenoxy) is 1. The summed E-state index contributed by atoms with van der Waals surface area (Å²) in [4.78, 5) is 12.6. The lowest BCUT2D eigenvalue weighted by molar-refractivity contribution is -0.149. The second kappa shape index (κ2) is 7.11. The molecule has 0 spiro atoms. The van der Waals surface area contributed by atoms with Gasteiger partial charge >= 0.3 is 5.97 Å². The number of carbonyl (C=O) groups excluding carboxylic acids is 1. The minimum absolute atomic E-state index is 0.226. The average molecular weight is 353 g/mol. The first-order chi connectivity index (χ1) is 10.7. The molecule has 2 nitrogen and oxygen atoms in total. The van der Waals surface area contributed by atoms with E-state index in [1.165, 1.54) is 0 Å². The summed E-state index contributed by atoms with van der Waals surface area (Å²) in [6.45, 7) is 7.72. The Balaban J connectivity index is 2.40. The minimum atomic E-state index is -0.532. The Hall–Kier alpha value is -1.25. The number of halogens is 2. The molecule has 1 atom stereocenters. The van der Waals surface area contributed by atoms with Crippen molar-refractivity contribution < 1.29 is 9.53 Å². The van der Waals surface area contributed by atoms with Gasteiger partial charge in [0.2, 0.25) is 0 Å². The molecule has 0 aliphatic heterocycles. The lowest BCUT2D eigenvalue weighted by Gasteiger charge is -2.21. The van der Waals surface area contributed by atoms with Crippen LogP contribution in [0, 0.1) is 5.92 Å². The Labute approximate surface area is 148 Å². The number of allylic oxidation sites excluding steroid dienone is 2. The molecule has 0 heterocycles. The Bertz CT molecular complexity index is 666. The van der Waals surface area contributed by atoms with Gasteiger partial charge in [-0.25, -0.2) is 4.79 Å². The number of benzene rings is 1. The van der Waals surface area contributed by atoms with E-state index in [9.17, 15) is 4.79 Å². The third kappa shape index (κ3) is 4.62. The van der Waals surface area contributed by atoms with Crippen molar-refractivity contribution in [1.82, 2.24) is 0 Å². The number of esters is 1. The normalized spacial score (nSPS) is 17.7. The molecule has 124 valence electrons. The summed E-state index contributed by atoms with van der Waals surface area (Å²) in [5.74, 6) is -0.0855. The maximum absolute atomic E-state index is 12.6. The molecule has 1 aromatic rings. The summed E-state index contributed by atoms with van der Waals surface area (Å²) in [6.07, 6.45) is 6.11. The van der Waals surface area contributed by atoms with Gasteiger partial charge < -0.3 is 4.74 Å². The van der Waals surface area contributed by atoms with Gasteiger partial charge in [0.1, 0.15) is 5.60 Å². The molecule has 1 aliphatic rings. The summed E-state index contributed by atoms with van der Waals surface area (Å²) in [5, 5.41) is 1.11. The first-order valence-corrected chi connectivity index (χ1v) is 8.59. The molecular formula is C19H22Cl2O2. The van der Waals surface area contributed by atoms with E-state index in [1.807, 2.05) is 32.9 Å². The summed E-state index contributed by atoms with van der Waals surface area (Å²) < 4.78 is 5.55. The Kier molecular flexibility index (Phi) is 5.59. The summed E-state index contributed by atoms with van der Waals surface area (Å²) in [5.41, 5.74) is 1.70. The van der Waals surface area contributed by atoms with Crippen LogP contribution < -0.4 is 0 Å². The largest absolute Gasteiger partial charge is 0.456 e.